The van der Waals surface area contributed by atoms with Crippen LogP contribution in [0.25, 0.3) is 21.8 Å². The van der Waals surface area contributed by atoms with E-state index in [0.29, 0.717) is 5.52 Å². The Labute approximate surface area is 112 Å². The van der Waals surface area contributed by atoms with E-state index >= 15 is 0 Å². The van der Waals surface area contributed by atoms with Crippen LogP contribution in [0.4, 0.5) is 0 Å². The zero-order valence-electron chi connectivity index (χ0n) is 10.1. The van der Waals surface area contributed by atoms with Gasteiger partial charge in [-0.25, -0.2) is 5.10 Å². The number of H-pyrrole nitrogens is 1. The van der Waals surface area contributed by atoms with Crippen LogP contribution < -0.4 is 5.56 Å². The van der Waals surface area contributed by atoms with Gasteiger partial charge in [-0.05, 0) is 18.6 Å². The Balaban J connectivity index is 2.67. The molecule has 1 aromatic carbocycles. The minimum absolute atomic E-state index is 0.142. The van der Waals surface area contributed by atoms with Gasteiger partial charge in [-0.1, -0.05) is 28.9 Å². The fourth-order valence-corrected chi connectivity index (χ4v) is 2.80. The molecule has 92 valence electrons. The summed E-state index contributed by atoms with van der Waals surface area (Å²) < 4.78 is 2.93. The molecule has 2 heterocycles. The summed E-state index contributed by atoms with van der Waals surface area (Å²) in [5.41, 5.74) is 2.51. The molecule has 0 aliphatic carbocycles. The molecule has 1 N–H and O–H groups in total. The van der Waals surface area contributed by atoms with Crippen molar-refractivity contribution in [3.8, 4) is 0 Å². The van der Waals surface area contributed by atoms with Crippen LogP contribution in [-0.2, 0) is 13.5 Å². The van der Waals surface area contributed by atoms with Gasteiger partial charge < -0.3 is 4.57 Å². The Morgan fingerprint density at radius 2 is 2.22 bits per heavy atom. The summed E-state index contributed by atoms with van der Waals surface area (Å²) in [5, 5.41) is 8.76. The summed E-state index contributed by atoms with van der Waals surface area (Å²) in [4.78, 5) is 12.0. The maximum absolute atomic E-state index is 12.0. The molecule has 0 atom stereocenters. The smallest absolute Gasteiger partial charge is 0.288 e. The van der Waals surface area contributed by atoms with E-state index in [1.807, 2.05) is 36.7 Å². The molecule has 0 amide bonds. The number of nitrogens with zero attached hydrogens (tertiary/aromatic N) is 2. The molecule has 0 saturated heterocycles. The number of hydrogen-bond donors (Lipinski definition) is 1. The van der Waals surface area contributed by atoms with Crippen LogP contribution in [0, 0.1) is 0 Å². The van der Waals surface area contributed by atoms with Crippen molar-refractivity contribution in [3.63, 3.8) is 0 Å². The molecule has 0 bridgehead atoms. The number of rotatable bonds is 1. The minimum atomic E-state index is -0.142. The SMILES string of the molecule is CCc1n[nH]c(=O)c2c1c1ccc(Br)cc1n2C. The average molecular weight is 306 g/mol. The first kappa shape index (κ1) is 11.5. The van der Waals surface area contributed by atoms with Gasteiger partial charge in [0, 0.05) is 22.3 Å². The van der Waals surface area contributed by atoms with Gasteiger partial charge in [-0.2, -0.15) is 5.10 Å². The Morgan fingerprint density at radius 1 is 1.44 bits per heavy atom. The Bertz CT molecular complexity index is 816. The molecular formula is C13H12BrN3O. The summed E-state index contributed by atoms with van der Waals surface area (Å²) >= 11 is 3.46. The van der Waals surface area contributed by atoms with Crippen molar-refractivity contribution in [2.75, 3.05) is 0 Å². The molecule has 0 fully saturated rings. The second kappa shape index (κ2) is 3.95. The van der Waals surface area contributed by atoms with Crippen molar-refractivity contribution in [2.24, 2.45) is 7.05 Å². The van der Waals surface area contributed by atoms with E-state index in [9.17, 15) is 4.79 Å². The lowest BCUT2D eigenvalue weighted by molar-refractivity contribution is 0.902. The van der Waals surface area contributed by atoms with Crippen molar-refractivity contribution in [3.05, 3.63) is 38.7 Å². The fourth-order valence-electron chi connectivity index (χ4n) is 2.45. The van der Waals surface area contributed by atoms with Crippen LogP contribution in [0.15, 0.2) is 27.5 Å². The lowest BCUT2D eigenvalue weighted by atomic mass is 10.1. The standard InChI is InChI=1S/C13H12BrN3O/c1-3-9-11-8-5-4-7(14)6-10(8)17(2)12(11)13(18)16-15-9/h4-6H,3H2,1-2H3,(H,16,18). The van der Waals surface area contributed by atoms with Gasteiger partial charge in [0.05, 0.1) is 11.2 Å². The second-order valence-corrected chi connectivity index (χ2v) is 5.21. The van der Waals surface area contributed by atoms with Crippen LogP contribution in [0.1, 0.15) is 12.6 Å². The third kappa shape index (κ3) is 1.43. The molecule has 2 aromatic heterocycles. The van der Waals surface area contributed by atoms with Crippen molar-refractivity contribution >= 4 is 37.7 Å². The summed E-state index contributed by atoms with van der Waals surface area (Å²) in [6, 6.07) is 6.04. The maximum Gasteiger partial charge on any atom is 0.288 e. The van der Waals surface area contributed by atoms with Gasteiger partial charge in [0.25, 0.3) is 5.56 Å². The highest BCUT2D eigenvalue weighted by Crippen LogP contribution is 2.29. The highest BCUT2D eigenvalue weighted by atomic mass is 79.9. The van der Waals surface area contributed by atoms with Crippen LogP contribution in [0.5, 0.6) is 0 Å². The molecule has 0 aliphatic rings. The van der Waals surface area contributed by atoms with Gasteiger partial charge in [-0.15, -0.1) is 0 Å². The number of fused-ring (bicyclic) bond motifs is 3. The summed E-state index contributed by atoms with van der Waals surface area (Å²) in [7, 11) is 1.91. The first-order valence-electron chi connectivity index (χ1n) is 5.78. The van der Waals surface area contributed by atoms with E-state index in [1.165, 1.54) is 0 Å². The van der Waals surface area contributed by atoms with Crippen LogP contribution in [0.2, 0.25) is 0 Å². The third-order valence-electron chi connectivity index (χ3n) is 3.29. The molecule has 18 heavy (non-hydrogen) atoms. The molecule has 4 nitrogen and oxygen atoms in total. The van der Waals surface area contributed by atoms with Gasteiger partial charge in [-0.3, -0.25) is 4.79 Å². The Kier molecular flexibility index (Phi) is 2.52. The number of aromatic nitrogens is 3. The zero-order valence-corrected chi connectivity index (χ0v) is 11.7. The highest BCUT2D eigenvalue weighted by Gasteiger charge is 2.15. The molecule has 0 spiro atoms. The van der Waals surface area contributed by atoms with Crippen LogP contribution in [0.3, 0.4) is 0 Å². The number of halogens is 1. The second-order valence-electron chi connectivity index (χ2n) is 4.30. The van der Waals surface area contributed by atoms with Gasteiger partial charge in [0.1, 0.15) is 5.52 Å². The minimum Gasteiger partial charge on any atom is -0.339 e. The van der Waals surface area contributed by atoms with E-state index in [2.05, 4.69) is 26.1 Å². The van der Waals surface area contributed by atoms with E-state index in [-0.39, 0.29) is 5.56 Å². The van der Waals surface area contributed by atoms with Gasteiger partial charge >= 0.3 is 0 Å². The molecule has 3 rings (SSSR count). The maximum atomic E-state index is 12.0. The van der Waals surface area contributed by atoms with E-state index < -0.39 is 0 Å². The van der Waals surface area contributed by atoms with Crippen LogP contribution >= 0.6 is 15.9 Å². The molecule has 0 aliphatic heterocycles. The summed E-state index contributed by atoms with van der Waals surface area (Å²) in [6.07, 6.45) is 0.794. The van der Waals surface area contributed by atoms with Crippen molar-refractivity contribution in [1.29, 1.82) is 0 Å². The third-order valence-corrected chi connectivity index (χ3v) is 3.79. The van der Waals surface area contributed by atoms with E-state index in [0.717, 1.165) is 32.9 Å². The van der Waals surface area contributed by atoms with Gasteiger partial charge in [0.15, 0.2) is 0 Å². The van der Waals surface area contributed by atoms with Crippen molar-refractivity contribution in [2.45, 2.75) is 13.3 Å². The topological polar surface area (TPSA) is 50.7 Å². The first-order chi connectivity index (χ1) is 8.63. The Morgan fingerprint density at radius 3 is 2.94 bits per heavy atom. The van der Waals surface area contributed by atoms with Gasteiger partial charge in [0.2, 0.25) is 0 Å². The quantitative estimate of drug-likeness (QED) is 0.751. The molecule has 5 heteroatoms. The fraction of sp³-hybridized carbons (Fsp3) is 0.231. The lowest BCUT2D eigenvalue weighted by Crippen LogP contribution is -2.12. The summed E-state index contributed by atoms with van der Waals surface area (Å²) in [6.45, 7) is 2.04. The number of benzene rings is 1. The molecule has 3 aromatic rings. The number of aromatic amines is 1. The van der Waals surface area contributed by atoms with E-state index in [4.69, 9.17) is 0 Å². The van der Waals surface area contributed by atoms with Crippen molar-refractivity contribution < 1.29 is 0 Å². The molecular weight excluding hydrogens is 294 g/mol. The average Bonchev–Trinajstić information content (AvgIpc) is 2.65. The predicted octanol–water partition coefficient (Wildman–Crippen LogP) is 2.74. The first-order valence-corrected chi connectivity index (χ1v) is 6.58. The molecule has 0 unspecified atom stereocenters. The zero-order chi connectivity index (χ0) is 12.9. The largest absolute Gasteiger partial charge is 0.339 e. The highest BCUT2D eigenvalue weighted by molar-refractivity contribution is 9.10. The number of hydrogen-bond acceptors (Lipinski definition) is 2. The normalized spacial score (nSPS) is 11.5. The molecule has 0 saturated carbocycles. The molecule has 0 radical (unpaired) electrons. The predicted molar refractivity (Wildman–Crippen MR) is 75.9 cm³/mol. The number of nitrogens with one attached hydrogen (secondary N) is 1. The Hall–Kier alpha value is -1.62. The number of aryl methyl sites for hydroxylation is 2. The monoisotopic (exact) mass is 305 g/mol. The lowest BCUT2D eigenvalue weighted by Gasteiger charge is -1.98. The van der Waals surface area contributed by atoms with Crippen molar-refractivity contribution in [1.82, 2.24) is 14.8 Å². The van der Waals surface area contributed by atoms with E-state index in [1.54, 1.807) is 0 Å². The van der Waals surface area contributed by atoms with Crippen LogP contribution in [-0.4, -0.2) is 14.8 Å². The summed E-state index contributed by atoms with van der Waals surface area (Å²) in [5.74, 6) is 0.